The van der Waals surface area contributed by atoms with Crippen molar-refractivity contribution in [2.45, 2.75) is 13.5 Å². The first-order valence-corrected chi connectivity index (χ1v) is 6.54. The molecule has 3 nitrogen and oxygen atoms in total. The Morgan fingerprint density at radius 2 is 2.22 bits per heavy atom. The number of aryl methyl sites for hydroxylation is 1. The number of imidazole rings is 1. The second-order valence-electron chi connectivity index (χ2n) is 4.21. The maximum absolute atomic E-state index is 10.8. The summed E-state index contributed by atoms with van der Waals surface area (Å²) in [5.41, 5.74) is 3.31. The fourth-order valence-corrected chi connectivity index (χ4v) is 2.94. The van der Waals surface area contributed by atoms with E-state index in [1.54, 1.807) is 0 Å². The SMILES string of the molecule is Cc1sc(C=O)cc1Cn1cnc2ccccc21. The quantitative estimate of drug-likeness (QED) is 0.674. The molecule has 0 saturated heterocycles. The molecule has 0 spiro atoms. The number of aldehydes is 1. The van der Waals surface area contributed by atoms with Crippen LogP contribution in [0.3, 0.4) is 0 Å². The standard InChI is InChI=1S/C14H12N2OS/c1-10-11(6-12(8-17)18-10)7-16-9-15-13-4-2-3-5-14(13)16/h2-6,8-9H,7H2,1H3. The summed E-state index contributed by atoms with van der Waals surface area (Å²) in [6.45, 7) is 2.81. The zero-order chi connectivity index (χ0) is 12.5. The lowest BCUT2D eigenvalue weighted by Gasteiger charge is -2.03. The van der Waals surface area contributed by atoms with Crippen molar-refractivity contribution in [3.8, 4) is 0 Å². The predicted octanol–water partition coefficient (Wildman–Crippen LogP) is 3.27. The summed E-state index contributed by atoms with van der Waals surface area (Å²) in [6.07, 6.45) is 2.76. The maximum Gasteiger partial charge on any atom is 0.160 e. The topological polar surface area (TPSA) is 34.9 Å². The number of carbonyl (C=O) groups is 1. The molecule has 1 aromatic carbocycles. The molecule has 0 amide bonds. The zero-order valence-electron chi connectivity index (χ0n) is 9.96. The largest absolute Gasteiger partial charge is 0.326 e. The van der Waals surface area contributed by atoms with Crippen LogP contribution in [0.1, 0.15) is 20.1 Å². The molecule has 0 atom stereocenters. The molecule has 0 aliphatic rings. The summed E-state index contributed by atoms with van der Waals surface area (Å²) in [6, 6.07) is 10.0. The lowest BCUT2D eigenvalue weighted by molar-refractivity contribution is 0.112. The molecule has 2 aromatic heterocycles. The number of rotatable bonds is 3. The maximum atomic E-state index is 10.8. The van der Waals surface area contributed by atoms with E-state index >= 15 is 0 Å². The van der Waals surface area contributed by atoms with Crippen LogP contribution in [0.25, 0.3) is 11.0 Å². The Balaban J connectivity index is 2.01. The molecule has 18 heavy (non-hydrogen) atoms. The van der Waals surface area contributed by atoms with E-state index in [1.165, 1.54) is 21.8 Å². The van der Waals surface area contributed by atoms with Gasteiger partial charge in [-0.05, 0) is 30.7 Å². The molecule has 0 aliphatic heterocycles. The highest BCUT2D eigenvalue weighted by Crippen LogP contribution is 2.22. The van der Waals surface area contributed by atoms with Gasteiger partial charge in [0.25, 0.3) is 0 Å². The van der Waals surface area contributed by atoms with Crippen molar-refractivity contribution in [2.24, 2.45) is 0 Å². The van der Waals surface area contributed by atoms with E-state index in [0.29, 0.717) is 0 Å². The van der Waals surface area contributed by atoms with Gasteiger partial charge >= 0.3 is 0 Å². The van der Waals surface area contributed by atoms with E-state index in [2.05, 4.69) is 15.6 Å². The summed E-state index contributed by atoms with van der Waals surface area (Å²) >= 11 is 1.54. The molecule has 0 fully saturated rings. The van der Waals surface area contributed by atoms with Crippen LogP contribution in [0.2, 0.25) is 0 Å². The Morgan fingerprint density at radius 3 is 3.00 bits per heavy atom. The fraction of sp³-hybridized carbons (Fsp3) is 0.143. The first-order chi connectivity index (χ1) is 8.78. The van der Waals surface area contributed by atoms with Crippen molar-refractivity contribution in [1.82, 2.24) is 9.55 Å². The molecule has 0 unspecified atom stereocenters. The Labute approximate surface area is 109 Å². The summed E-state index contributed by atoms with van der Waals surface area (Å²) in [7, 11) is 0. The van der Waals surface area contributed by atoms with E-state index in [9.17, 15) is 4.79 Å². The molecule has 0 bridgehead atoms. The monoisotopic (exact) mass is 256 g/mol. The number of hydrogen-bond donors (Lipinski definition) is 0. The number of aromatic nitrogens is 2. The van der Waals surface area contributed by atoms with Crippen LogP contribution in [0.5, 0.6) is 0 Å². The number of fused-ring (bicyclic) bond motifs is 1. The molecule has 3 aromatic rings. The fourth-order valence-electron chi connectivity index (χ4n) is 2.08. The van der Waals surface area contributed by atoms with Gasteiger partial charge in [-0.15, -0.1) is 11.3 Å². The Kier molecular flexibility index (Phi) is 2.72. The Morgan fingerprint density at radius 1 is 1.39 bits per heavy atom. The third-order valence-corrected chi connectivity index (χ3v) is 4.04. The van der Waals surface area contributed by atoms with Crippen LogP contribution in [-0.2, 0) is 6.54 Å². The number of carbonyl (C=O) groups excluding carboxylic acids is 1. The number of benzene rings is 1. The van der Waals surface area contributed by atoms with Gasteiger partial charge < -0.3 is 4.57 Å². The molecule has 0 saturated carbocycles. The molecule has 0 aliphatic carbocycles. The van der Waals surface area contributed by atoms with Crippen molar-refractivity contribution >= 4 is 28.7 Å². The first kappa shape index (κ1) is 11.2. The Bertz CT molecular complexity index is 711. The van der Waals surface area contributed by atoms with Crippen LogP contribution >= 0.6 is 11.3 Å². The van der Waals surface area contributed by atoms with Gasteiger partial charge in [-0.1, -0.05) is 12.1 Å². The average Bonchev–Trinajstić information content (AvgIpc) is 2.95. The van der Waals surface area contributed by atoms with E-state index in [-0.39, 0.29) is 0 Å². The summed E-state index contributed by atoms with van der Waals surface area (Å²) in [4.78, 5) is 17.1. The molecule has 2 heterocycles. The number of para-hydroxylation sites is 2. The second kappa shape index (κ2) is 4.38. The third-order valence-electron chi connectivity index (χ3n) is 3.02. The summed E-state index contributed by atoms with van der Waals surface area (Å²) < 4.78 is 2.11. The van der Waals surface area contributed by atoms with Gasteiger partial charge in [0.15, 0.2) is 6.29 Å². The lowest BCUT2D eigenvalue weighted by atomic mass is 10.2. The van der Waals surface area contributed by atoms with Crippen molar-refractivity contribution in [2.75, 3.05) is 0 Å². The summed E-state index contributed by atoms with van der Waals surface area (Å²) in [5, 5.41) is 0. The number of hydrogen-bond acceptors (Lipinski definition) is 3. The number of nitrogens with zero attached hydrogens (tertiary/aromatic N) is 2. The van der Waals surface area contributed by atoms with Crippen LogP contribution in [0, 0.1) is 6.92 Å². The highest BCUT2D eigenvalue weighted by molar-refractivity contribution is 7.13. The van der Waals surface area contributed by atoms with Crippen molar-refractivity contribution in [3.63, 3.8) is 0 Å². The molecular formula is C14H12N2OS. The molecule has 3 rings (SSSR count). The minimum atomic E-state index is 0.761. The highest BCUT2D eigenvalue weighted by Gasteiger charge is 2.07. The second-order valence-corrected chi connectivity index (χ2v) is 5.50. The van der Waals surface area contributed by atoms with Gasteiger partial charge in [-0.2, -0.15) is 0 Å². The van der Waals surface area contributed by atoms with E-state index < -0.39 is 0 Å². The van der Waals surface area contributed by atoms with Gasteiger partial charge in [0.1, 0.15) is 0 Å². The lowest BCUT2D eigenvalue weighted by Crippen LogP contribution is -1.97. The normalized spacial score (nSPS) is 10.9. The van der Waals surface area contributed by atoms with Crippen LogP contribution < -0.4 is 0 Å². The van der Waals surface area contributed by atoms with Crippen LogP contribution in [0.15, 0.2) is 36.7 Å². The molecule has 4 heteroatoms. The molecular weight excluding hydrogens is 244 g/mol. The third kappa shape index (κ3) is 1.84. The molecule has 90 valence electrons. The van der Waals surface area contributed by atoms with Gasteiger partial charge in [0.2, 0.25) is 0 Å². The van der Waals surface area contributed by atoms with Gasteiger partial charge in [0, 0.05) is 4.88 Å². The highest BCUT2D eigenvalue weighted by atomic mass is 32.1. The molecule has 0 N–H and O–H groups in total. The average molecular weight is 256 g/mol. The van der Waals surface area contributed by atoms with Crippen molar-refractivity contribution in [3.05, 3.63) is 52.0 Å². The zero-order valence-corrected chi connectivity index (χ0v) is 10.8. The van der Waals surface area contributed by atoms with E-state index in [0.717, 1.165) is 28.7 Å². The van der Waals surface area contributed by atoms with Gasteiger partial charge in [-0.3, -0.25) is 4.79 Å². The van der Waals surface area contributed by atoms with Crippen LogP contribution in [-0.4, -0.2) is 15.8 Å². The predicted molar refractivity (Wildman–Crippen MR) is 73.3 cm³/mol. The van der Waals surface area contributed by atoms with E-state index in [4.69, 9.17) is 0 Å². The van der Waals surface area contributed by atoms with Gasteiger partial charge in [0.05, 0.1) is 28.8 Å². The van der Waals surface area contributed by atoms with Gasteiger partial charge in [-0.25, -0.2) is 4.98 Å². The Hall–Kier alpha value is -1.94. The summed E-state index contributed by atoms with van der Waals surface area (Å²) in [5.74, 6) is 0. The smallest absolute Gasteiger partial charge is 0.160 e. The van der Waals surface area contributed by atoms with Crippen molar-refractivity contribution in [1.29, 1.82) is 0 Å². The molecule has 0 radical (unpaired) electrons. The number of thiophene rings is 1. The van der Waals surface area contributed by atoms with Crippen LogP contribution in [0.4, 0.5) is 0 Å². The first-order valence-electron chi connectivity index (χ1n) is 5.72. The minimum absolute atomic E-state index is 0.761. The van der Waals surface area contributed by atoms with Crippen molar-refractivity contribution < 1.29 is 4.79 Å². The van der Waals surface area contributed by atoms with E-state index in [1.807, 2.05) is 37.5 Å². The minimum Gasteiger partial charge on any atom is -0.326 e.